The minimum absolute atomic E-state index is 0.383. The van der Waals surface area contributed by atoms with Crippen LogP contribution in [0.4, 0.5) is 0 Å². The number of hydrogen-bond acceptors (Lipinski definition) is 3. The predicted octanol–water partition coefficient (Wildman–Crippen LogP) is 3.52. The van der Waals surface area contributed by atoms with Gasteiger partial charge in [-0.3, -0.25) is 0 Å². The van der Waals surface area contributed by atoms with Crippen LogP contribution >= 0.6 is 0 Å². The molecule has 2 aromatic carbocycles. The van der Waals surface area contributed by atoms with Crippen LogP contribution in [0, 0.1) is 6.92 Å². The van der Waals surface area contributed by atoms with E-state index in [9.17, 15) is 0 Å². The zero-order valence-electron chi connectivity index (χ0n) is 10.7. The Bertz CT molecular complexity index is 710. The molecule has 0 unspecified atom stereocenters. The maximum atomic E-state index is 5.70. The lowest BCUT2D eigenvalue weighted by molar-refractivity contribution is 0.296. The van der Waals surface area contributed by atoms with E-state index < -0.39 is 0 Å². The van der Waals surface area contributed by atoms with E-state index in [-0.39, 0.29) is 0 Å². The highest BCUT2D eigenvalue weighted by Gasteiger charge is 2.01. The van der Waals surface area contributed by atoms with Crippen LogP contribution < -0.4 is 4.74 Å². The zero-order valence-corrected chi connectivity index (χ0v) is 10.7. The Balaban J connectivity index is 1.78. The van der Waals surface area contributed by atoms with Crippen LogP contribution in [-0.2, 0) is 6.61 Å². The number of aromatic nitrogens is 2. The molecule has 0 amide bonds. The first-order chi connectivity index (χ1) is 9.31. The first-order valence-corrected chi connectivity index (χ1v) is 6.21. The van der Waals surface area contributed by atoms with E-state index in [0.29, 0.717) is 12.4 Å². The van der Waals surface area contributed by atoms with Crippen molar-refractivity contribution < 1.29 is 4.74 Å². The summed E-state index contributed by atoms with van der Waals surface area (Å²) in [5.74, 6) is 1.54. The van der Waals surface area contributed by atoms with Gasteiger partial charge in [-0.05, 0) is 30.7 Å². The van der Waals surface area contributed by atoms with Crippen LogP contribution in [0.5, 0.6) is 5.75 Å². The van der Waals surface area contributed by atoms with E-state index in [4.69, 9.17) is 4.74 Å². The third-order valence-corrected chi connectivity index (χ3v) is 2.90. The minimum Gasteiger partial charge on any atom is -0.486 e. The molecule has 1 heterocycles. The normalized spacial score (nSPS) is 10.6. The molecule has 0 N–H and O–H groups in total. The second-order valence-electron chi connectivity index (χ2n) is 4.45. The molecule has 0 radical (unpaired) electrons. The second kappa shape index (κ2) is 5.06. The number of rotatable bonds is 3. The van der Waals surface area contributed by atoms with Gasteiger partial charge in [0.2, 0.25) is 0 Å². The molecule has 0 fully saturated rings. The van der Waals surface area contributed by atoms with Gasteiger partial charge in [-0.15, -0.1) is 0 Å². The van der Waals surface area contributed by atoms with Crippen LogP contribution in [0.15, 0.2) is 54.7 Å². The standard InChI is InChI=1S/C16H14N2O/c1-12-5-4-7-14(9-12)19-11-16-17-10-13-6-2-3-8-15(13)18-16/h2-10H,11H2,1H3. The van der Waals surface area contributed by atoms with Crippen molar-refractivity contribution in [2.24, 2.45) is 0 Å². The molecular weight excluding hydrogens is 236 g/mol. The van der Waals surface area contributed by atoms with Crippen molar-refractivity contribution in [1.82, 2.24) is 9.97 Å². The number of benzene rings is 2. The second-order valence-corrected chi connectivity index (χ2v) is 4.45. The van der Waals surface area contributed by atoms with Gasteiger partial charge in [-0.25, -0.2) is 9.97 Å². The van der Waals surface area contributed by atoms with Gasteiger partial charge in [-0.2, -0.15) is 0 Å². The van der Waals surface area contributed by atoms with Crippen LogP contribution in [0.3, 0.4) is 0 Å². The van der Waals surface area contributed by atoms with Crippen molar-refractivity contribution in [1.29, 1.82) is 0 Å². The SMILES string of the molecule is Cc1cccc(OCc2ncc3ccccc3n2)c1. The van der Waals surface area contributed by atoms with E-state index in [1.54, 1.807) is 0 Å². The Kier molecular flexibility index (Phi) is 3.11. The summed E-state index contributed by atoms with van der Waals surface area (Å²) >= 11 is 0. The zero-order chi connectivity index (χ0) is 13.1. The van der Waals surface area contributed by atoms with Crippen molar-refractivity contribution in [3.63, 3.8) is 0 Å². The molecule has 19 heavy (non-hydrogen) atoms. The lowest BCUT2D eigenvalue weighted by Gasteiger charge is -2.06. The molecule has 3 nitrogen and oxygen atoms in total. The highest BCUT2D eigenvalue weighted by atomic mass is 16.5. The van der Waals surface area contributed by atoms with E-state index in [2.05, 4.69) is 9.97 Å². The number of hydrogen-bond donors (Lipinski definition) is 0. The summed E-state index contributed by atoms with van der Waals surface area (Å²) in [5.41, 5.74) is 2.12. The van der Waals surface area contributed by atoms with Crippen molar-refractivity contribution >= 4 is 10.9 Å². The van der Waals surface area contributed by atoms with Gasteiger partial charge in [0, 0.05) is 11.6 Å². The molecule has 0 aliphatic heterocycles. The number of fused-ring (bicyclic) bond motifs is 1. The maximum absolute atomic E-state index is 5.70. The summed E-state index contributed by atoms with van der Waals surface area (Å²) < 4.78 is 5.70. The molecule has 3 rings (SSSR count). The number of para-hydroxylation sites is 1. The fourth-order valence-corrected chi connectivity index (χ4v) is 1.93. The van der Waals surface area contributed by atoms with Crippen LogP contribution in [0.25, 0.3) is 10.9 Å². The van der Waals surface area contributed by atoms with Gasteiger partial charge >= 0.3 is 0 Å². The van der Waals surface area contributed by atoms with Gasteiger partial charge < -0.3 is 4.74 Å². The predicted molar refractivity (Wildman–Crippen MR) is 75.0 cm³/mol. The summed E-state index contributed by atoms with van der Waals surface area (Å²) in [4.78, 5) is 8.78. The molecule has 1 aromatic heterocycles. The Hall–Kier alpha value is -2.42. The Morgan fingerprint density at radius 1 is 1.05 bits per heavy atom. The topological polar surface area (TPSA) is 35.0 Å². The van der Waals surface area contributed by atoms with Crippen molar-refractivity contribution in [3.8, 4) is 5.75 Å². The molecule has 0 aliphatic rings. The quantitative estimate of drug-likeness (QED) is 0.713. The number of aryl methyl sites for hydroxylation is 1. The van der Waals surface area contributed by atoms with E-state index >= 15 is 0 Å². The highest BCUT2D eigenvalue weighted by molar-refractivity contribution is 5.77. The molecule has 0 atom stereocenters. The lowest BCUT2D eigenvalue weighted by Crippen LogP contribution is -2.01. The van der Waals surface area contributed by atoms with Gasteiger partial charge in [0.25, 0.3) is 0 Å². The molecule has 0 saturated heterocycles. The monoisotopic (exact) mass is 250 g/mol. The van der Waals surface area contributed by atoms with Crippen LogP contribution in [-0.4, -0.2) is 9.97 Å². The average molecular weight is 250 g/mol. The molecule has 0 aliphatic carbocycles. The first-order valence-electron chi connectivity index (χ1n) is 6.21. The molecule has 3 aromatic rings. The molecule has 0 spiro atoms. The van der Waals surface area contributed by atoms with Crippen molar-refractivity contribution in [2.45, 2.75) is 13.5 Å². The van der Waals surface area contributed by atoms with Gasteiger partial charge in [0.1, 0.15) is 12.4 Å². The highest BCUT2D eigenvalue weighted by Crippen LogP contribution is 2.14. The fraction of sp³-hybridized carbons (Fsp3) is 0.125. The smallest absolute Gasteiger partial charge is 0.166 e. The summed E-state index contributed by atoms with van der Waals surface area (Å²) in [7, 11) is 0. The van der Waals surface area contributed by atoms with E-state index in [0.717, 1.165) is 16.7 Å². The van der Waals surface area contributed by atoms with Gasteiger partial charge in [-0.1, -0.05) is 30.3 Å². The van der Waals surface area contributed by atoms with Gasteiger partial charge in [0.05, 0.1) is 5.52 Å². The summed E-state index contributed by atoms with van der Waals surface area (Å²) in [6, 6.07) is 15.9. The van der Waals surface area contributed by atoms with E-state index in [1.165, 1.54) is 5.56 Å². The molecule has 0 saturated carbocycles. The maximum Gasteiger partial charge on any atom is 0.166 e. The average Bonchev–Trinajstić information content (AvgIpc) is 2.45. The summed E-state index contributed by atoms with van der Waals surface area (Å²) in [6.45, 7) is 2.42. The molecule has 94 valence electrons. The number of ether oxygens (including phenoxy) is 1. The summed E-state index contributed by atoms with van der Waals surface area (Å²) in [5, 5.41) is 1.04. The summed E-state index contributed by atoms with van der Waals surface area (Å²) in [6.07, 6.45) is 1.83. The Morgan fingerprint density at radius 3 is 2.84 bits per heavy atom. The van der Waals surface area contributed by atoms with Crippen LogP contribution in [0.1, 0.15) is 11.4 Å². The lowest BCUT2D eigenvalue weighted by atomic mass is 10.2. The van der Waals surface area contributed by atoms with Crippen LogP contribution in [0.2, 0.25) is 0 Å². The molecule has 3 heteroatoms. The Morgan fingerprint density at radius 2 is 1.95 bits per heavy atom. The molecule has 0 bridgehead atoms. The largest absolute Gasteiger partial charge is 0.486 e. The molecular formula is C16H14N2O. The van der Waals surface area contributed by atoms with Gasteiger partial charge in [0.15, 0.2) is 5.82 Å². The number of nitrogens with zero attached hydrogens (tertiary/aromatic N) is 2. The third kappa shape index (κ3) is 2.71. The van der Waals surface area contributed by atoms with E-state index in [1.807, 2.05) is 61.7 Å². The minimum atomic E-state index is 0.383. The van der Waals surface area contributed by atoms with Crippen molar-refractivity contribution in [3.05, 3.63) is 66.1 Å². The fourth-order valence-electron chi connectivity index (χ4n) is 1.93. The Labute approximate surface area is 111 Å². The van der Waals surface area contributed by atoms with Crippen molar-refractivity contribution in [2.75, 3.05) is 0 Å². The third-order valence-electron chi connectivity index (χ3n) is 2.90. The first kappa shape index (κ1) is 11.7.